The Balaban J connectivity index is 0.00000187. The lowest BCUT2D eigenvalue weighted by atomic mass is 9.78. The number of nitrogens with zero attached hydrogens (tertiary/aromatic N) is 1. The van der Waals surface area contributed by atoms with Gasteiger partial charge in [-0.3, -0.25) is 4.79 Å². The monoisotopic (exact) mass is 544 g/mol. The minimum absolute atomic E-state index is 0. The molecular weight excluding hydrogens is 508 g/mol. The second-order valence-corrected chi connectivity index (χ2v) is 12.3. The highest BCUT2D eigenvalue weighted by Crippen LogP contribution is 2.42. The Morgan fingerprint density at radius 3 is 2.38 bits per heavy atom. The molecule has 0 aromatic heterocycles. The van der Waals surface area contributed by atoms with E-state index in [4.69, 9.17) is 11.6 Å². The normalized spacial score (nSPS) is 19.7. The average molecular weight is 545 g/mol. The van der Waals surface area contributed by atoms with Gasteiger partial charge in [-0.15, -0.1) is 0 Å². The van der Waals surface area contributed by atoms with Gasteiger partial charge < -0.3 is 10.4 Å². The first-order valence-electron chi connectivity index (χ1n) is 12.7. The van der Waals surface area contributed by atoms with Crippen LogP contribution in [0.2, 0.25) is 5.02 Å². The molecule has 1 saturated carbocycles. The summed E-state index contributed by atoms with van der Waals surface area (Å²) < 4.78 is 27.6. The van der Waals surface area contributed by atoms with Crippen molar-refractivity contribution in [2.75, 3.05) is 18.5 Å². The molecule has 0 bridgehead atoms. The Labute approximate surface area is 227 Å². The zero-order valence-corrected chi connectivity index (χ0v) is 22.1. The molecule has 3 aromatic carbocycles. The van der Waals surface area contributed by atoms with Crippen LogP contribution in [0, 0.1) is 0 Å². The molecule has 1 saturated heterocycles. The summed E-state index contributed by atoms with van der Waals surface area (Å²) in [5.74, 6) is -0.0186. The number of halogens is 1. The Hall–Kier alpha value is -2.71. The third kappa shape index (κ3) is 5.06. The van der Waals surface area contributed by atoms with Gasteiger partial charge >= 0.3 is 0 Å². The van der Waals surface area contributed by atoms with Gasteiger partial charge in [-0.05, 0) is 78.8 Å². The number of sulfonamides is 1. The van der Waals surface area contributed by atoms with Crippen LogP contribution in [0.4, 0.5) is 5.69 Å². The molecule has 5 rings (SSSR count). The van der Waals surface area contributed by atoms with E-state index < -0.39 is 15.4 Å². The Morgan fingerprint density at radius 2 is 1.70 bits per heavy atom. The van der Waals surface area contributed by atoms with Gasteiger partial charge in [0.2, 0.25) is 15.9 Å². The quantitative estimate of drug-likeness (QED) is 0.363. The summed E-state index contributed by atoms with van der Waals surface area (Å²) in [6.45, 7) is 0.254. The number of carbonyl (C=O) groups is 1. The molecular formula is C29H37ClN2O4S. The van der Waals surface area contributed by atoms with Crippen molar-refractivity contribution in [1.82, 2.24) is 4.31 Å². The Kier molecular flexibility index (Phi) is 7.41. The first-order chi connectivity index (χ1) is 17.8. The number of rotatable bonds is 7. The molecule has 200 valence electrons. The van der Waals surface area contributed by atoms with Gasteiger partial charge in [-0.2, -0.15) is 4.31 Å². The summed E-state index contributed by atoms with van der Waals surface area (Å²) in [5.41, 5.74) is 2.84. The maximum atomic E-state index is 13.6. The lowest BCUT2D eigenvalue weighted by Gasteiger charge is -2.28. The molecule has 2 aliphatic rings. The van der Waals surface area contributed by atoms with Gasteiger partial charge in [-0.1, -0.05) is 60.8 Å². The molecule has 6 nitrogen and oxygen atoms in total. The lowest BCUT2D eigenvalue weighted by molar-refractivity contribution is -0.121. The fraction of sp³-hybridized carbons (Fsp3) is 0.345. The second-order valence-electron chi connectivity index (χ2n) is 9.95. The van der Waals surface area contributed by atoms with Gasteiger partial charge in [0.1, 0.15) is 0 Å². The van der Waals surface area contributed by atoms with E-state index in [1.165, 1.54) is 4.31 Å². The van der Waals surface area contributed by atoms with Crippen LogP contribution in [-0.4, -0.2) is 42.9 Å². The molecule has 37 heavy (non-hydrogen) atoms. The van der Waals surface area contributed by atoms with Crippen LogP contribution in [0.15, 0.2) is 77.7 Å². The van der Waals surface area contributed by atoms with Crippen molar-refractivity contribution >= 4 is 33.2 Å². The molecule has 0 spiro atoms. The van der Waals surface area contributed by atoms with E-state index in [2.05, 4.69) is 5.32 Å². The van der Waals surface area contributed by atoms with E-state index in [-0.39, 0.29) is 27.7 Å². The predicted octanol–water partition coefficient (Wildman–Crippen LogP) is 6.34. The topological polar surface area (TPSA) is 86.7 Å². The number of nitrogens with one attached hydrogen (secondary N) is 1. The fourth-order valence-electron chi connectivity index (χ4n) is 5.68. The Morgan fingerprint density at radius 1 is 1.00 bits per heavy atom. The number of hydrogen-bond donors (Lipinski definition) is 2. The summed E-state index contributed by atoms with van der Waals surface area (Å²) >= 11 is 6.08. The molecule has 8 heteroatoms. The summed E-state index contributed by atoms with van der Waals surface area (Å²) in [7, 11) is -3.66. The van der Waals surface area contributed by atoms with Gasteiger partial charge in [-0.25, -0.2) is 8.42 Å². The average Bonchev–Trinajstić information content (AvgIpc) is 3.60. The maximum absolute atomic E-state index is 13.6. The van der Waals surface area contributed by atoms with Crippen LogP contribution in [0.1, 0.15) is 48.4 Å². The highest BCUT2D eigenvalue weighted by Gasteiger charge is 2.42. The van der Waals surface area contributed by atoms with E-state index in [9.17, 15) is 18.3 Å². The number of aliphatic hydroxyl groups excluding tert-OH is 1. The summed E-state index contributed by atoms with van der Waals surface area (Å²) in [6, 6.07) is 21.6. The standard InChI is InChI=1S/C29H31ClN2O4S.3H2/c30-24-12-10-23(11-13-24)29(16-1-2-17-29)28(34)31-25-6-3-5-22(19-25)21-8-14-27(15-9-21)37(35,36)32-18-4-7-26(32)20-33;;;/h3,5-6,8-15,19,26,33H,1-2,4,7,16-18,20H2,(H,31,34);3*1H/t26-;;;/m1.../s1. The Bertz CT molecular complexity index is 1380. The highest BCUT2D eigenvalue weighted by atomic mass is 35.5. The van der Waals surface area contributed by atoms with Crippen LogP contribution < -0.4 is 5.32 Å². The van der Waals surface area contributed by atoms with Crippen LogP contribution in [0.3, 0.4) is 0 Å². The minimum Gasteiger partial charge on any atom is -0.395 e. The van der Waals surface area contributed by atoms with Crippen LogP contribution in [0.5, 0.6) is 0 Å². The molecule has 2 N–H and O–H groups in total. The maximum Gasteiger partial charge on any atom is 0.243 e. The third-order valence-electron chi connectivity index (χ3n) is 7.74. The summed E-state index contributed by atoms with van der Waals surface area (Å²) in [4.78, 5) is 13.8. The zero-order chi connectivity index (χ0) is 26.0. The van der Waals surface area contributed by atoms with Crippen molar-refractivity contribution in [3.63, 3.8) is 0 Å². The predicted molar refractivity (Wildman–Crippen MR) is 152 cm³/mol. The van der Waals surface area contributed by atoms with Crippen molar-refractivity contribution in [2.24, 2.45) is 0 Å². The molecule has 1 atom stereocenters. The van der Waals surface area contributed by atoms with Crippen LogP contribution in [0.25, 0.3) is 11.1 Å². The highest BCUT2D eigenvalue weighted by molar-refractivity contribution is 7.89. The molecule has 0 radical (unpaired) electrons. The number of benzene rings is 3. The number of aliphatic hydroxyl groups is 1. The first kappa shape index (κ1) is 25.9. The SMILES string of the molecule is O=C(Nc1cccc(-c2ccc(S(=O)(=O)N3CCC[C@@H]3CO)cc2)c1)C1(c2ccc(Cl)cc2)CCCC1.[HH].[HH].[HH]. The van der Waals surface area contributed by atoms with Gasteiger partial charge in [0.15, 0.2) is 0 Å². The van der Waals surface area contributed by atoms with E-state index in [0.29, 0.717) is 23.7 Å². The van der Waals surface area contributed by atoms with Crippen LogP contribution in [-0.2, 0) is 20.2 Å². The number of carbonyl (C=O) groups excluding carboxylic acids is 1. The fourth-order valence-corrected chi connectivity index (χ4v) is 7.50. The van der Waals surface area contributed by atoms with Crippen molar-refractivity contribution < 1.29 is 22.6 Å². The molecule has 0 unspecified atom stereocenters. The van der Waals surface area contributed by atoms with Gasteiger partial charge in [0.25, 0.3) is 0 Å². The van der Waals surface area contributed by atoms with E-state index in [1.807, 2.05) is 48.5 Å². The van der Waals surface area contributed by atoms with Crippen molar-refractivity contribution in [2.45, 2.75) is 54.9 Å². The summed E-state index contributed by atoms with van der Waals surface area (Å²) in [5, 5.41) is 13.3. The van der Waals surface area contributed by atoms with E-state index in [0.717, 1.165) is 48.8 Å². The van der Waals surface area contributed by atoms with Gasteiger partial charge in [0, 0.05) is 27.6 Å². The molecule has 1 aliphatic heterocycles. The van der Waals surface area contributed by atoms with E-state index >= 15 is 0 Å². The molecule has 2 fully saturated rings. The summed E-state index contributed by atoms with van der Waals surface area (Å²) in [6.07, 6.45) is 5.02. The first-order valence-corrected chi connectivity index (χ1v) is 14.6. The van der Waals surface area contributed by atoms with Crippen molar-refractivity contribution in [1.29, 1.82) is 0 Å². The molecule has 1 heterocycles. The smallest absolute Gasteiger partial charge is 0.243 e. The zero-order valence-electron chi connectivity index (χ0n) is 20.6. The number of amides is 1. The van der Waals surface area contributed by atoms with E-state index in [1.54, 1.807) is 24.3 Å². The minimum atomic E-state index is -3.66. The number of hydrogen-bond acceptors (Lipinski definition) is 4. The molecule has 3 aromatic rings. The second kappa shape index (κ2) is 10.6. The van der Waals surface area contributed by atoms with Crippen molar-refractivity contribution in [3.05, 3.63) is 83.4 Å². The van der Waals surface area contributed by atoms with Crippen LogP contribution >= 0.6 is 11.6 Å². The molecule has 1 aliphatic carbocycles. The lowest BCUT2D eigenvalue weighted by Crippen LogP contribution is -2.38. The van der Waals surface area contributed by atoms with Crippen molar-refractivity contribution in [3.8, 4) is 11.1 Å². The number of anilines is 1. The molecule has 1 amide bonds. The third-order valence-corrected chi connectivity index (χ3v) is 9.96. The van der Waals surface area contributed by atoms with Gasteiger partial charge in [0.05, 0.1) is 16.9 Å². The largest absolute Gasteiger partial charge is 0.395 e.